The largest absolute Gasteiger partial charge is 1.00 e. The number of nitrogens with one attached hydrogen (secondary N) is 1. The Labute approximate surface area is 263 Å². The number of hydrogen-bond donors (Lipinski definition) is 1. The summed E-state index contributed by atoms with van der Waals surface area (Å²) in [5.74, 6) is 0.217. The van der Waals surface area contributed by atoms with E-state index in [2.05, 4.69) is 17.6 Å². The molecule has 0 aliphatic rings. The van der Waals surface area contributed by atoms with Gasteiger partial charge in [-0.2, -0.15) is 19.7 Å². The summed E-state index contributed by atoms with van der Waals surface area (Å²) in [6.45, 7) is 7.75. The number of hydrogen-bond acceptors (Lipinski definition) is 3. The second-order valence-corrected chi connectivity index (χ2v) is 9.09. The molecule has 1 atom stereocenters. The minimum atomic E-state index is -4.61. The molecule has 0 saturated carbocycles. The molecule has 1 N–H and O–H groups in total. The molecule has 0 amide bonds. The van der Waals surface area contributed by atoms with Crippen molar-refractivity contribution < 1.29 is 68.9 Å². The van der Waals surface area contributed by atoms with Crippen molar-refractivity contribution in [2.45, 2.75) is 45.8 Å². The molecule has 0 spiro atoms. The van der Waals surface area contributed by atoms with E-state index < -0.39 is 17.6 Å². The van der Waals surface area contributed by atoms with E-state index >= 15 is 0 Å². The second-order valence-electron chi connectivity index (χ2n) is 9.09. The molecule has 4 aromatic rings. The van der Waals surface area contributed by atoms with Gasteiger partial charge < -0.3 is 10.6 Å². The van der Waals surface area contributed by atoms with Crippen LogP contribution in [-0.4, -0.2) is 29.1 Å². The van der Waals surface area contributed by atoms with Crippen molar-refractivity contribution in [1.29, 1.82) is 0 Å². The summed E-state index contributed by atoms with van der Waals surface area (Å²) in [7, 11) is 0. The van der Waals surface area contributed by atoms with Gasteiger partial charge in [-0.1, -0.05) is 49.7 Å². The molecule has 194 valence electrons. The van der Waals surface area contributed by atoms with Gasteiger partial charge in [0.25, 0.3) is 0 Å². The first-order valence-corrected chi connectivity index (χ1v) is 12.3. The minimum absolute atomic E-state index is 0. The van der Waals surface area contributed by atoms with Gasteiger partial charge in [0, 0.05) is 22.6 Å². The van der Waals surface area contributed by atoms with Crippen molar-refractivity contribution in [2.75, 3.05) is 18.4 Å². The van der Waals surface area contributed by atoms with Crippen LogP contribution < -0.4 is 56.7 Å². The number of fused-ring (bicyclic) bond motifs is 1. The molecule has 0 saturated heterocycles. The molecule has 0 radical (unpaired) electrons. The van der Waals surface area contributed by atoms with Crippen LogP contribution in [0.4, 0.5) is 23.4 Å². The molecular weight excluding hydrogens is 519 g/mol. The zero-order valence-electron chi connectivity index (χ0n) is 22.0. The van der Waals surface area contributed by atoms with Crippen molar-refractivity contribution in [3.63, 3.8) is 0 Å². The average molecular weight is 549 g/mol. The molecule has 4 nitrogen and oxygen atoms in total. The average Bonchev–Trinajstić information content (AvgIpc) is 2.86. The number of benzene rings is 3. The molecule has 1 unspecified atom stereocenters. The van der Waals surface area contributed by atoms with Gasteiger partial charge in [0.05, 0.1) is 11.1 Å². The Kier molecular flexibility index (Phi) is 10.9. The first kappa shape index (κ1) is 30.7. The summed E-state index contributed by atoms with van der Waals surface area (Å²) in [6.07, 6.45) is -2.71. The Morgan fingerprint density at radius 1 is 0.974 bits per heavy atom. The Morgan fingerprint density at radius 3 is 2.42 bits per heavy atom. The second kappa shape index (κ2) is 13.5. The van der Waals surface area contributed by atoms with Gasteiger partial charge in [-0.3, -0.25) is 0 Å². The maximum absolute atomic E-state index is 14.7. The summed E-state index contributed by atoms with van der Waals surface area (Å²) in [4.78, 5) is 9.61. The number of para-hydroxylation sites is 1. The number of alkyl halides is 3. The smallest absolute Gasteiger partial charge is 0.662 e. The van der Waals surface area contributed by atoms with Crippen molar-refractivity contribution in [2.24, 2.45) is 0 Å². The van der Waals surface area contributed by atoms with Crippen LogP contribution in [0.3, 0.4) is 0 Å². The Morgan fingerprint density at radius 2 is 1.71 bits per heavy atom. The summed E-state index contributed by atoms with van der Waals surface area (Å²) < 4.78 is 53.6. The quantitative estimate of drug-likeness (QED) is 0.173. The van der Waals surface area contributed by atoms with Crippen molar-refractivity contribution in [3.05, 3.63) is 82.9 Å². The van der Waals surface area contributed by atoms with Gasteiger partial charge in [-0.15, -0.1) is 6.54 Å². The Bertz CT molecular complexity index is 1390. The molecule has 1 heterocycles. The number of aryl methyl sites for hydroxylation is 1. The van der Waals surface area contributed by atoms with Crippen LogP contribution in [-0.2, 0) is 6.18 Å². The molecular formula is C29H29F4KN4. The van der Waals surface area contributed by atoms with Crippen LogP contribution in [0.2, 0.25) is 0 Å². The van der Waals surface area contributed by atoms with Crippen molar-refractivity contribution in [3.8, 4) is 22.5 Å². The molecule has 1 aromatic heterocycles. The number of halogens is 4. The molecule has 0 aliphatic heterocycles. The maximum atomic E-state index is 14.7. The van der Waals surface area contributed by atoms with Gasteiger partial charge in [0.1, 0.15) is 11.6 Å². The molecule has 3 aromatic carbocycles. The standard InChI is InChI=1S/C29H29F4N4.K/c1-4-34-15-7-9-19(3)35-28-24-12-5-8-18(2)26(24)36-27(37-28)21-11-6-10-20(16-21)23-14-13-22(17-25(23)30)29(31,32)33;/h5-6,8,10-14,16-17,19H,4,7,9,15H2,1-3H3,(H,35,36,37);/q-1;+1. The first-order valence-electron chi connectivity index (χ1n) is 12.3. The fourth-order valence-corrected chi connectivity index (χ4v) is 4.26. The van der Waals surface area contributed by atoms with Crippen LogP contribution in [0.1, 0.15) is 37.8 Å². The predicted octanol–water partition coefficient (Wildman–Crippen LogP) is 5.41. The first-order chi connectivity index (χ1) is 17.7. The normalized spacial score (nSPS) is 12.3. The van der Waals surface area contributed by atoms with E-state index in [1.165, 1.54) is 0 Å². The predicted molar refractivity (Wildman–Crippen MR) is 141 cm³/mol. The summed E-state index contributed by atoms with van der Waals surface area (Å²) in [5, 5.41) is 8.80. The van der Waals surface area contributed by atoms with Crippen LogP contribution in [0, 0.1) is 12.7 Å². The zero-order chi connectivity index (χ0) is 26.6. The van der Waals surface area contributed by atoms with Crippen molar-refractivity contribution in [1.82, 2.24) is 9.97 Å². The maximum Gasteiger partial charge on any atom is 1.00 e. The fraction of sp³-hybridized carbons (Fsp3) is 0.310. The summed E-state index contributed by atoms with van der Waals surface area (Å²) in [6, 6.07) is 15.5. The summed E-state index contributed by atoms with van der Waals surface area (Å²) in [5.41, 5.74) is 1.93. The molecule has 38 heavy (non-hydrogen) atoms. The van der Waals surface area contributed by atoms with Crippen LogP contribution in [0.25, 0.3) is 38.7 Å². The van der Waals surface area contributed by atoms with Gasteiger partial charge in [0.2, 0.25) is 0 Å². The molecule has 0 fully saturated rings. The molecule has 9 heteroatoms. The number of rotatable bonds is 9. The van der Waals surface area contributed by atoms with Crippen molar-refractivity contribution >= 4 is 16.7 Å². The fourth-order valence-electron chi connectivity index (χ4n) is 4.26. The monoisotopic (exact) mass is 548 g/mol. The van der Waals surface area contributed by atoms with Gasteiger partial charge in [-0.25, -0.2) is 14.4 Å². The third-order valence-electron chi connectivity index (χ3n) is 6.22. The van der Waals surface area contributed by atoms with Gasteiger partial charge in [-0.05, 0) is 55.7 Å². The van der Waals surface area contributed by atoms with Gasteiger partial charge >= 0.3 is 57.6 Å². The molecule has 0 bridgehead atoms. The van der Waals surface area contributed by atoms with E-state index in [9.17, 15) is 17.6 Å². The third kappa shape index (κ3) is 7.40. The number of anilines is 1. The van der Waals surface area contributed by atoms with Gasteiger partial charge in [0.15, 0.2) is 5.82 Å². The van der Waals surface area contributed by atoms with Crippen LogP contribution >= 0.6 is 0 Å². The van der Waals surface area contributed by atoms with E-state index in [1.54, 1.807) is 18.2 Å². The van der Waals surface area contributed by atoms with Crippen LogP contribution in [0.5, 0.6) is 0 Å². The number of aromatic nitrogens is 2. The van der Waals surface area contributed by atoms with E-state index in [0.717, 1.165) is 54.5 Å². The summed E-state index contributed by atoms with van der Waals surface area (Å²) >= 11 is 0. The Hall–Kier alpha value is -1.88. The Balaban J connectivity index is 0.00000400. The minimum Gasteiger partial charge on any atom is -0.662 e. The topological polar surface area (TPSA) is 51.9 Å². The van der Waals surface area contributed by atoms with E-state index in [0.29, 0.717) is 28.8 Å². The van der Waals surface area contributed by atoms with E-state index in [-0.39, 0.29) is 63.0 Å². The number of nitrogens with zero attached hydrogens (tertiary/aromatic N) is 3. The SMILES string of the molecule is CC[N-]CCCC(C)Nc1nc(-c2cccc(-c3ccc(C(F)(F)F)cc3F)c2)nc2c(C)cccc12.[K+]. The molecule has 0 aliphatic carbocycles. The zero-order valence-corrected chi connectivity index (χ0v) is 25.2. The third-order valence-corrected chi connectivity index (χ3v) is 6.22. The van der Waals surface area contributed by atoms with E-state index in [1.807, 2.05) is 38.1 Å². The van der Waals surface area contributed by atoms with Crippen LogP contribution in [0.15, 0.2) is 60.7 Å². The van der Waals surface area contributed by atoms with E-state index in [4.69, 9.17) is 9.97 Å². The molecule has 4 rings (SSSR count).